The Kier molecular flexibility index (Phi) is 6.02. The zero-order valence-electron chi connectivity index (χ0n) is 17.3. The molecule has 3 aromatic rings. The van der Waals surface area contributed by atoms with Gasteiger partial charge in [0, 0.05) is 49.6 Å². The Labute approximate surface area is 177 Å². The van der Waals surface area contributed by atoms with Gasteiger partial charge >= 0.3 is 0 Å². The molecule has 0 atom stereocenters. The molecule has 30 heavy (non-hydrogen) atoms. The maximum atomic E-state index is 12.8. The highest BCUT2D eigenvalue weighted by molar-refractivity contribution is 6.02. The molecule has 1 aliphatic heterocycles. The van der Waals surface area contributed by atoms with E-state index in [0.29, 0.717) is 18.6 Å². The predicted octanol–water partition coefficient (Wildman–Crippen LogP) is 4.99. The lowest BCUT2D eigenvalue weighted by atomic mass is 9.98. The highest BCUT2D eigenvalue weighted by Crippen LogP contribution is 2.35. The van der Waals surface area contributed by atoms with Gasteiger partial charge in [-0.05, 0) is 23.6 Å². The first-order chi connectivity index (χ1) is 14.7. The molecule has 1 aliphatic rings. The van der Waals surface area contributed by atoms with E-state index >= 15 is 0 Å². The number of aromatic nitrogens is 1. The zero-order valence-corrected chi connectivity index (χ0v) is 17.3. The standard InChI is InChI=1S/C26H26N2O2/c1-3-4-13-25(29)28-19-23(22-11-8-12-24(30-2)26(22)28)21-14-16-27(17-15-21)18-20-9-6-5-7-10-20/h1,5-12,14,19H,4,13,15-18H2,2H3. The lowest BCUT2D eigenvalue weighted by molar-refractivity contribution is 0.0909. The zero-order chi connectivity index (χ0) is 20.9. The van der Waals surface area contributed by atoms with E-state index in [-0.39, 0.29) is 5.91 Å². The molecule has 0 fully saturated rings. The summed E-state index contributed by atoms with van der Waals surface area (Å²) in [6.45, 7) is 2.83. The molecule has 0 N–H and O–H groups in total. The maximum absolute atomic E-state index is 12.8. The van der Waals surface area contributed by atoms with Crippen molar-refractivity contribution < 1.29 is 9.53 Å². The van der Waals surface area contributed by atoms with Crippen molar-refractivity contribution in [3.05, 3.63) is 71.9 Å². The molecule has 0 amide bonds. The van der Waals surface area contributed by atoms with Crippen LogP contribution in [0.2, 0.25) is 0 Å². The Balaban J connectivity index is 1.64. The van der Waals surface area contributed by atoms with Crippen molar-refractivity contribution in [1.82, 2.24) is 9.47 Å². The second-order valence-electron chi connectivity index (χ2n) is 7.57. The van der Waals surface area contributed by atoms with Crippen molar-refractivity contribution in [2.75, 3.05) is 20.2 Å². The minimum absolute atomic E-state index is 0.00388. The number of terminal acetylenes is 1. The van der Waals surface area contributed by atoms with E-state index in [0.717, 1.165) is 42.5 Å². The van der Waals surface area contributed by atoms with Gasteiger partial charge in [-0.1, -0.05) is 48.5 Å². The number of fused-ring (bicyclic) bond motifs is 1. The summed E-state index contributed by atoms with van der Waals surface area (Å²) in [5, 5.41) is 1.05. The largest absolute Gasteiger partial charge is 0.495 e. The molecule has 0 radical (unpaired) electrons. The number of ether oxygens (including phenoxy) is 1. The second-order valence-corrected chi connectivity index (χ2v) is 7.57. The first kappa shape index (κ1) is 20.0. The van der Waals surface area contributed by atoms with Gasteiger partial charge in [0.25, 0.3) is 0 Å². The fourth-order valence-electron chi connectivity index (χ4n) is 4.11. The number of benzene rings is 2. The van der Waals surface area contributed by atoms with E-state index in [1.54, 1.807) is 11.7 Å². The van der Waals surface area contributed by atoms with E-state index in [4.69, 9.17) is 11.2 Å². The van der Waals surface area contributed by atoms with Gasteiger partial charge in [-0.25, -0.2) is 0 Å². The third-order valence-electron chi connectivity index (χ3n) is 5.65. The minimum atomic E-state index is -0.00388. The Morgan fingerprint density at radius 3 is 2.70 bits per heavy atom. The van der Waals surface area contributed by atoms with Crippen LogP contribution >= 0.6 is 0 Å². The first-order valence-corrected chi connectivity index (χ1v) is 10.3. The number of nitrogens with zero attached hydrogens (tertiary/aromatic N) is 2. The van der Waals surface area contributed by atoms with E-state index in [1.807, 2.05) is 24.4 Å². The van der Waals surface area contributed by atoms with Crippen LogP contribution in [0.5, 0.6) is 5.75 Å². The van der Waals surface area contributed by atoms with E-state index in [1.165, 1.54) is 11.1 Å². The number of para-hydroxylation sites is 1. The van der Waals surface area contributed by atoms with Crippen LogP contribution in [0.4, 0.5) is 0 Å². The second kappa shape index (κ2) is 9.02. The van der Waals surface area contributed by atoms with Crippen LogP contribution in [-0.4, -0.2) is 35.6 Å². The predicted molar refractivity (Wildman–Crippen MR) is 121 cm³/mol. The van der Waals surface area contributed by atoms with Crippen molar-refractivity contribution in [2.45, 2.75) is 25.8 Å². The summed E-state index contributed by atoms with van der Waals surface area (Å²) >= 11 is 0. The third-order valence-corrected chi connectivity index (χ3v) is 5.65. The van der Waals surface area contributed by atoms with Crippen molar-refractivity contribution in [1.29, 1.82) is 0 Å². The summed E-state index contributed by atoms with van der Waals surface area (Å²) in [6.07, 6.45) is 11.3. The van der Waals surface area contributed by atoms with Crippen molar-refractivity contribution >= 4 is 22.4 Å². The smallest absolute Gasteiger partial charge is 0.232 e. The molecule has 2 aromatic carbocycles. The van der Waals surface area contributed by atoms with Crippen molar-refractivity contribution in [3.8, 4) is 18.1 Å². The Bertz CT molecular complexity index is 1120. The number of carbonyl (C=O) groups is 1. The maximum Gasteiger partial charge on any atom is 0.232 e. The van der Waals surface area contributed by atoms with E-state index in [9.17, 15) is 4.79 Å². The molecule has 0 unspecified atom stereocenters. The van der Waals surface area contributed by atoms with Crippen LogP contribution in [0.25, 0.3) is 16.5 Å². The SMILES string of the molecule is C#CCCC(=O)n1cc(C2=CCN(Cc3ccccc3)CC2)c2cccc(OC)c21. The molecule has 0 saturated carbocycles. The Morgan fingerprint density at radius 2 is 2.00 bits per heavy atom. The fraction of sp³-hybridized carbons (Fsp3) is 0.269. The number of hydrogen-bond donors (Lipinski definition) is 0. The number of hydrogen-bond acceptors (Lipinski definition) is 3. The van der Waals surface area contributed by atoms with Crippen LogP contribution in [-0.2, 0) is 6.54 Å². The van der Waals surface area contributed by atoms with Gasteiger partial charge in [-0.2, -0.15) is 0 Å². The van der Waals surface area contributed by atoms with Crippen molar-refractivity contribution in [3.63, 3.8) is 0 Å². The summed E-state index contributed by atoms with van der Waals surface area (Å²) in [5.41, 5.74) is 4.54. The Hall–Kier alpha value is -3.29. The molecule has 152 valence electrons. The average molecular weight is 399 g/mol. The monoisotopic (exact) mass is 398 g/mol. The molecule has 1 aromatic heterocycles. The molecule has 0 saturated heterocycles. The quantitative estimate of drug-likeness (QED) is 0.549. The highest BCUT2D eigenvalue weighted by Gasteiger charge is 2.21. The molecule has 0 aliphatic carbocycles. The van der Waals surface area contributed by atoms with Gasteiger partial charge in [0.2, 0.25) is 5.91 Å². The molecular weight excluding hydrogens is 372 g/mol. The lowest BCUT2D eigenvalue weighted by Crippen LogP contribution is -2.27. The lowest BCUT2D eigenvalue weighted by Gasteiger charge is -2.26. The highest BCUT2D eigenvalue weighted by atomic mass is 16.5. The third kappa shape index (κ3) is 4.03. The van der Waals surface area contributed by atoms with Gasteiger partial charge in [0.1, 0.15) is 5.75 Å². The van der Waals surface area contributed by atoms with Crippen LogP contribution in [0, 0.1) is 12.3 Å². The van der Waals surface area contributed by atoms with Crippen molar-refractivity contribution in [2.24, 2.45) is 0 Å². The summed E-state index contributed by atoms with van der Waals surface area (Å²) in [6, 6.07) is 16.5. The summed E-state index contributed by atoms with van der Waals surface area (Å²) in [5.74, 6) is 3.26. The first-order valence-electron chi connectivity index (χ1n) is 10.3. The summed E-state index contributed by atoms with van der Waals surface area (Å²) in [4.78, 5) is 15.3. The van der Waals surface area contributed by atoms with E-state index in [2.05, 4.69) is 47.2 Å². The molecule has 0 spiro atoms. The molecular formula is C26H26N2O2. The molecule has 2 heterocycles. The van der Waals surface area contributed by atoms with Crippen LogP contribution < -0.4 is 4.74 Å². The molecule has 4 heteroatoms. The molecule has 0 bridgehead atoms. The Morgan fingerprint density at radius 1 is 1.17 bits per heavy atom. The summed E-state index contributed by atoms with van der Waals surface area (Å²) in [7, 11) is 1.64. The van der Waals surface area contributed by atoms with Crippen LogP contribution in [0.15, 0.2) is 60.8 Å². The molecule has 4 nitrogen and oxygen atoms in total. The molecule has 4 rings (SSSR count). The van der Waals surface area contributed by atoms with Crippen LogP contribution in [0.1, 0.15) is 35.2 Å². The topological polar surface area (TPSA) is 34.5 Å². The van der Waals surface area contributed by atoms with Gasteiger partial charge in [0.05, 0.1) is 12.6 Å². The van der Waals surface area contributed by atoms with Gasteiger partial charge in [-0.3, -0.25) is 14.3 Å². The fourth-order valence-corrected chi connectivity index (χ4v) is 4.11. The summed E-state index contributed by atoms with van der Waals surface area (Å²) < 4.78 is 7.29. The van der Waals surface area contributed by atoms with Gasteiger partial charge < -0.3 is 4.74 Å². The van der Waals surface area contributed by atoms with Gasteiger partial charge in [0.15, 0.2) is 0 Å². The average Bonchev–Trinajstić information content (AvgIpc) is 3.19. The van der Waals surface area contributed by atoms with Gasteiger partial charge in [-0.15, -0.1) is 12.3 Å². The number of methoxy groups -OCH3 is 1. The minimum Gasteiger partial charge on any atom is -0.495 e. The van der Waals surface area contributed by atoms with Crippen LogP contribution in [0.3, 0.4) is 0 Å². The normalized spacial score (nSPS) is 14.3. The number of rotatable bonds is 6. The number of carbonyl (C=O) groups excluding carboxylic acids is 1. The van der Waals surface area contributed by atoms with E-state index < -0.39 is 0 Å².